The Morgan fingerprint density at radius 2 is 1.88 bits per heavy atom. The summed E-state index contributed by atoms with van der Waals surface area (Å²) in [5.41, 5.74) is 3.87. The van der Waals surface area contributed by atoms with Crippen LogP contribution in [0.2, 0.25) is 0 Å². The van der Waals surface area contributed by atoms with E-state index >= 15 is 0 Å². The Balaban J connectivity index is 1.90. The van der Waals surface area contributed by atoms with Crippen LogP contribution in [-0.2, 0) is 6.42 Å². The SMILES string of the molecule is Cc1ccccc1NCCc1cccc(Br)c1. The number of para-hydroxylation sites is 1. The van der Waals surface area contributed by atoms with Crippen LogP contribution in [0.4, 0.5) is 5.69 Å². The van der Waals surface area contributed by atoms with Gasteiger partial charge in [-0.05, 0) is 42.7 Å². The zero-order valence-corrected chi connectivity index (χ0v) is 11.5. The quantitative estimate of drug-likeness (QED) is 0.879. The number of benzene rings is 2. The van der Waals surface area contributed by atoms with Gasteiger partial charge >= 0.3 is 0 Å². The van der Waals surface area contributed by atoms with Crippen LogP contribution in [-0.4, -0.2) is 6.54 Å². The number of hydrogen-bond acceptors (Lipinski definition) is 1. The molecule has 0 spiro atoms. The largest absolute Gasteiger partial charge is 0.384 e. The minimum Gasteiger partial charge on any atom is -0.384 e. The van der Waals surface area contributed by atoms with Gasteiger partial charge in [0.05, 0.1) is 0 Å². The maximum absolute atomic E-state index is 3.49. The molecule has 0 saturated carbocycles. The molecule has 0 unspecified atom stereocenters. The van der Waals surface area contributed by atoms with Crippen molar-refractivity contribution in [2.24, 2.45) is 0 Å². The van der Waals surface area contributed by atoms with E-state index < -0.39 is 0 Å². The zero-order chi connectivity index (χ0) is 12.1. The number of nitrogens with one attached hydrogen (secondary N) is 1. The maximum atomic E-state index is 3.49. The van der Waals surface area contributed by atoms with Crippen LogP contribution in [0.15, 0.2) is 53.0 Å². The summed E-state index contributed by atoms with van der Waals surface area (Å²) in [6.45, 7) is 3.09. The molecule has 0 fully saturated rings. The molecule has 2 aromatic carbocycles. The average Bonchev–Trinajstić information content (AvgIpc) is 2.32. The van der Waals surface area contributed by atoms with E-state index in [1.807, 2.05) is 0 Å². The lowest BCUT2D eigenvalue weighted by molar-refractivity contribution is 1.02. The summed E-state index contributed by atoms with van der Waals surface area (Å²) in [7, 11) is 0. The van der Waals surface area contributed by atoms with Crippen LogP contribution in [0.5, 0.6) is 0 Å². The van der Waals surface area contributed by atoms with Crippen LogP contribution in [0.3, 0.4) is 0 Å². The van der Waals surface area contributed by atoms with E-state index in [4.69, 9.17) is 0 Å². The van der Waals surface area contributed by atoms with Gasteiger partial charge in [0.1, 0.15) is 0 Å². The lowest BCUT2D eigenvalue weighted by Crippen LogP contribution is -2.05. The molecule has 0 aromatic heterocycles. The highest BCUT2D eigenvalue weighted by Crippen LogP contribution is 2.14. The van der Waals surface area contributed by atoms with Crippen molar-refractivity contribution in [2.75, 3.05) is 11.9 Å². The molecule has 0 heterocycles. The Morgan fingerprint density at radius 3 is 2.65 bits per heavy atom. The second kappa shape index (κ2) is 5.87. The number of hydrogen-bond donors (Lipinski definition) is 1. The van der Waals surface area contributed by atoms with Crippen molar-refractivity contribution in [3.8, 4) is 0 Å². The van der Waals surface area contributed by atoms with E-state index in [1.165, 1.54) is 16.8 Å². The molecule has 0 bridgehead atoms. The molecule has 17 heavy (non-hydrogen) atoms. The number of halogens is 1. The summed E-state index contributed by atoms with van der Waals surface area (Å²) >= 11 is 3.49. The minimum absolute atomic E-state index is 0.960. The maximum Gasteiger partial charge on any atom is 0.0369 e. The van der Waals surface area contributed by atoms with Gasteiger partial charge < -0.3 is 5.32 Å². The lowest BCUT2D eigenvalue weighted by Gasteiger charge is -2.09. The third-order valence-corrected chi connectivity index (χ3v) is 3.26. The van der Waals surface area contributed by atoms with E-state index in [0.29, 0.717) is 0 Å². The Kier molecular flexibility index (Phi) is 4.21. The van der Waals surface area contributed by atoms with Crippen molar-refractivity contribution < 1.29 is 0 Å². The molecule has 0 aliphatic carbocycles. The first kappa shape index (κ1) is 12.2. The number of aryl methyl sites for hydroxylation is 1. The van der Waals surface area contributed by atoms with Crippen molar-refractivity contribution >= 4 is 21.6 Å². The Labute approximate surface area is 111 Å². The van der Waals surface area contributed by atoms with Crippen molar-refractivity contribution in [3.63, 3.8) is 0 Å². The third-order valence-electron chi connectivity index (χ3n) is 2.76. The monoisotopic (exact) mass is 289 g/mol. The number of rotatable bonds is 4. The van der Waals surface area contributed by atoms with Gasteiger partial charge in [0.25, 0.3) is 0 Å². The fourth-order valence-electron chi connectivity index (χ4n) is 1.81. The van der Waals surface area contributed by atoms with Crippen molar-refractivity contribution in [1.29, 1.82) is 0 Å². The van der Waals surface area contributed by atoms with Gasteiger partial charge in [0.15, 0.2) is 0 Å². The lowest BCUT2D eigenvalue weighted by atomic mass is 10.1. The van der Waals surface area contributed by atoms with Gasteiger partial charge in [-0.1, -0.05) is 46.3 Å². The Bertz CT molecular complexity index is 494. The fourth-order valence-corrected chi connectivity index (χ4v) is 2.25. The first-order valence-electron chi connectivity index (χ1n) is 5.79. The molecular weight excluding hydrogens is 274 g/mol. The molecule has 1 N–H and O–H groups in total. The second-order valence-electron chi connectivity index (χ2n) is 4.12. The predicted octanol–water partition coefficient (Wildman–Crippen LogP) is 4.41. The normalized spacial score (nSPS) is 10.2. The zero-order valence-electron chi connectivity index (χ0n) is 9.91. The van der Waals surface area contributed by atoms with Gasteiger partial charge in [-0.25, -0.2) is 0 Å². The number of anilines is 1. The summed E-state index contributed by atoms with van der Waals surface area (Å²) < 4.78 is 1.14. The fraction of sp³-hybridized carbons (Fsp3) is 0.200. The smallest absolute Gasteiger partial charge is 0.0369 e. The molecule has 88 valence electrons. The van der Waals surface area contributed by atoms with Crippen LogP contribution < -0.4 is 5.32 Å². The molecule has 0 aliphatic rings. The van der Waals surface area contributed by atoms with Crippen molar-refractivity contribution in [1.82, 2.24) is 0 Å². The molecular formula is C15H16BrN. The summed E-state index contributed by atoms with van der Waals surface area (Å²) in [6, 6.07) is 16.8. The van der Waals surface area contributed by atoms with Crippen LogP contribution in [0.1, 0.15) is 11.1 Å². The average molecular weight is 290 g/mol. The molecule has 0 radical (unpaired) electrons. The standard InChI is InChI=1S/C15H16BrN/c1-12-5-2-3-8-15(12)17-10-9-13-6-4-7-14(16)11-13/h2-8,11,17H,9-10H2,1H3. The van der Waals surface area contributed by atoms with Crippen LogP contribution >= 0.6 is 15.9 Å². The van der Waals surface area contributed by atoms with Crippen LogP contribution in [0, 0.1) is 6.92 Å². The topological polar surface area (TPSA) is 12.0 Å². The molecule has 2 rings (SSSR count). The van der Waals surface area contributed by atoms with E-state index in [0.717, 1.165) is 17.4 Å². The summed E-state index contributed by atoms with van der Waals surface area (Å²) in [5, 5.41) is 3.47. The van der Waals surface area contributed by atoms with Crippen LogP contribution in [0.25, 0.3) is 0 Å². The van der Waals surface area contributed by atoms with Gasteiger partial charge in [-0.3, -0.25) is 0 Å². The predicted molar refractivity (Wildman–Crippen MR) is 77.5 cm³/mol. The molecule has 2 heteroatoms. The second-order valence-corrected chi connectivity index (χ2v) is 5.04. The molecule has 2 aromatic rings. The highest BCUT2D eigenvalue weighted by atomic mass is 79.9. The molecule has 0 saturated heterocycles. The highest BCUT2D eigenvalue weighted by Gasteiger charge is 1.97. The Hall–Kier alpha value is -1.28. The highest BCUT2D eigenvalue weighted by molar-refractivity contribution is 9.10. The molecule has 0 atom stereocenters. The minimum atomic E-state index is 0.960. The summed E-state index contributed by atoms with van der Waals surface area (Å²) in [5.74, 6) is 0. The van der Waals surface area contributed by atoms with E-state index in [1.54, 1.807) is 0 Å². The molecule has 0 aliphatic heterocycles. The van der Waals surface area contributed by atoms with Gasteiger partial charge in [0, 0.05) is 16.7 Å². The van der Waals surface area contributed by atoms with Crippen molar-refractivity contribution in [3.05, 3.63) is 64.1 Å². The Morgan fingerprint density at radius 1 is 1.06 bits per heavy atom. The van der Waals surface area contributed by atoms with Gasteiger partial charge in [0.2, 0.25) is 0 Å². The molecule has 0 amide bonds. The first-order valence-corrected chi connectivity index (χ1v) is 6.59. The molecule has 1 nitrogen and oxygen atoms in total. The van der Waals surface area contributed by atoms with E-state index in [-0.39, 0.29) is 0 Å². The summed E-state index contributed by atoms with van der Waals surface area (Å²) in [6.07, 6.45) is 1.04. The van der Waals surface area contributed by atoms with Gasteiger partial charge in [-0.15, -0.1) is 0 Å². The van der Waals surface area contributed by atoms with E-state index in [9.17, 15) is 0 Å². The first-order chi connectivity index (χ1) is 8.25. The van der Waals surface area contributed by atoms with Gasteiger partial charge in [-0.2, -0.15) is 0 Å². The van der Waals surface area contributed by atoms with E-state index in [2.05, 4.69) is 76.7 Å². The third kappa shape index (κ3) is 3.60. The van der Waals surface area contributed by atoms with Crippen molar-refractivity contribution in [2.45, 2.75) is 13.3 Å². The summed E-state index contributed by atoms with van der Waals surface area (Å²) in [4.78, 5) is 0.